The van der Waals surface area contributed by atoms with Crippen LogP contribution < -0.4 is 0 Å². The molecule has 0 aromatic rings. The summed E-state index contributed by atoms with van der Waals surface area (Å²) in [7, 11) is 0. The molecule has 0 aromatic carbocycles. The van der Waals surface area contributed by atoms with Crippen molar-refractivity contribution in [2.24, 2.45) is 0 Å². The highest BCUT2D eigenvalue weighted by molar-refractivity contribution is 8.00. The molecular formula is C9H18O2S. The van der Waals surface area contributed by atoms with E-state index in [9.17, 15) is 5.11 Å². The zero-order valence-electron chi connectivity index (χ0n) is 7.99. The molecule has 0 aliphatic carbocycles. The van der Waals surface area contributed by atoms with Gasteiger partial charge in [-0.1, -0.05) is 6.92 Å². The molecule has 1 heterocycles. The van der Waals surface area contributed by atoms with Gasteiger partial charge in [0.25, 0.3) is 0 Å². The molecule has 3 atom stereocenters. The Kier molecular flexibility index (Phi) is 3.87. The first kappa shape index (κ1) is 10.4. The summed E-state index contributed by atoms with van der Waals surface area (Å²) in [5, 5.41) is 10.4. The predicted octanol–water partition coefficient (Wildman–Crippen LogP) is 1.67. The van der Waals surface area contributed by atoms with Crippen molar-refractivity contribution in [1.29, 1.82) is 0 Å². The van der Waals surface area contributed by atoms with Crippen LogP contribution in [-0.2, 0) is 4.74 Å². The van der Waals surface area contributed by atoms with Gasteiger partial charge in [-0.05, 0) is 20.3 Å². The van der Waals surface area contributed by atoms with Crippen molar-refractivity contribution in [1.82, 2.24) is 0 Å². The SMILES string of the molecule is CC(C)OCC1SC(C)CC1O. The molecule has 1 aliphatic heterocycles. The lowest BCUT2D eigenvalue weighted by atomic mass is 10.1. The van der Waals surface area contributed by atoms with Crippen LogP contribution in [0.15, 0.2) is 0 Å². The second-order valence-electron chi connectivity index (χ2n) is 3.67. The van der Waals surface area contributed by atoms with Crippen LogP contribution >= 0.6 is 11.8 Å². The van der Waals surface area contributed by atoms with E-state index in [0.717, 1.165) is 6.42 Å². The first-order valence-corrected chi connectivity index (χ1v) is 5.49. The molecule has 2 nitrogen and oxygen atoms in total. The van der Waals surface area contributed by atoms with Gasteiger partial charge in [0.05, 0.1) is 24.1 Å². The lowest BCUT2D eigenvalue weighted by Crippen LogP contribution is -2.24. The number of hydrogen-bond acceptors (Lipinski definition) is 3. The van der Waals surface area contributed by atoms with Crippen molar-refractivity contribution in [2.45, 2.75) is 49.9 Å². The maximum atomic E-state index is 9.57. The zero-order chi connectivity index (χ0) is 9.14. The first-order chi connectivity index (χ1) is 5.59. The normalized spacial score (nSPS) is 36.2. The Balaban J connectivity index is 2.23. The third-order valence-electron chi connectivity index (χ3n) is 2.00. The number of rotatable bonds is 3. The fourth-order valence-electron chi connectivity index (χ4n) is 1.37. The maximum Gasteiger partial charge on any atom is 0.0691 e. The number of aliphatic hydroxyl groups excluding tert-OH is 1. The molecule has 3 unspecified atom stereocenters. The summed E-state index contributed by atoms with van der Waals surface area (Å²) in [4.78, 5) is 0. The summed E-state index contributed by atoms with van der Waals surface area (Å²) in [6.07, 6.45) is 1.02. The van der Waals surface area contributed by atoms with Gasteiger partial charge in [0.2, 0.25) is 0 Å². The molecule has 1 fully saturated rings. The van der Waals surface area contributed by atoms with Gasteiger partial charge in [0, 0.05) is 5.25 Å². The van der Waals surface area contributed by atoms with E-state index in [2.05, 4.69) is 6.92 Å². The Labute approximate surface area is 78.7 Å². The fraction of sp³-hybridized carbons (Fsp3) is 1.00. The lowest BCUT2D eigenvalue weighted by Gasteiger charge is -2.15. The molecule has 1 rings (SSSR count). The van der Waals surface area contributed by atoms with E-state index in [1.807, 2.05) is 25.6 Å². The smallest absolute Gasteiger partial charge is 0.0691 e. The maximum absolute atomic E-state index is 9.57. The Morgan fingerprint density at radius 3 is 2.67 bits per heavy atom. The van der Waals surface area contributed by atoms with Crippen LogP contribution in [0.25, 0.3) is 0 Å². The van der Waals surface area contributed by atoms with Gasteiger partial charge in [-0.15, -0.1) is 0 Å². The van der Waals surface area contributed by atoms with E-state index >= 15 is 0 Å². The molecule has 0 amide bonds. The van der Waals surface area contributed by atoms with Crippen LogP contribution in [0.2, 0.25) is 0 Å². The summed E-state index contributed by atoms with van der Waals surface area (Å²) >= 11 is 1.84. The van der Waals surface area contributed by atoms with Crippen molar-refractivity contribution in [3.8, 4) is 0 Å². The second-order valence-corrected chi connectivity index (χ2v) is 5.35. The van der Waals surface area contributed by atoms with E-state index in [1.54, 1.807) is 0 Å². The first-order valence-electron chi connectivity index (χ1n) is 4.54. The van der Waals surface area contributed by atoms with E-state index in [0.29, 0.717) is 17.1 Å². The number of hydrogen-bond donors (Lipinski definition) is 1. The fourth-order valence-corrected chi connectivity index (χ4v) is 2.73. The molecule has 3 heteroatoms. The minimum Gasteiger partial charge on any atom is -0.392 e. The Morgan fingerprint density at radius 1 is 1.58 bits per heavy atom. The monoisotopic (exact) mass is 190 g/mol. The van der Waals surface area contributed by atoms with Crippen LogP contribution in [0.4, 0.5) is 0 Å². The van der Waals surface area contributed by atoms with Crippen molar-refractivity contribution < 1.29 is 9.84 Å². The van der Waals surface area contributed by atoms with E-state index in [4.69, 9.17) is 4.74 Å². The van der Waals surface area contributed by atoms with Crippen molar-refractivity contribution in [3.05, 3.63) is 0 Å². The molecule has 0 spiro atoms. The lowest BCUT2D eigenvalue weighted by molar-refractivity contribution is 0.0537. The standard InChI is InChI=1S/C9H18O2S/c1-6(2)11-5-9-8(10)4-7(3)12-9/h6-10H,4-5H2,1-3H3. The van der Waals surface area contributed by atoms with Gasteiger partial charge in [-0.3, -0.25) is 0 Å². The largest absolute Gasteiger partial charge is 0.392 e. The highest BCUT2D eigenvalue weighted by Gasteiger charge is 2.31. The van der Waals surface area contributed by atoms with Gasteiger partial charge in [0.1, 0.15) is 0 Å². The molecule has 0 bridgehead atoms. The molecule has 72 valence electrons. The molecule has 0 saturated carbocycles. The van der Waals surface area contributed by atoms with Gasteiger partial charge in [0.15, 0.2) is 0 Å². The summed E-state index contributed by atoms with van der Waals surface area (Å²) in [5.41, 5.74) is 0. The van der Waals surface area contributed by atoms with Crippen LogP contribution in [0.3, 0.4) is 0 Å². The highest BCUT2D eigenvalue weighted by atomic mass is 32.2. The summed E-state index contributed by atoms with van der Waals surface area (Å²) < 4.78 is 5.46. The second kappa shape index (κ2) is 4.49. The average molecular weight is 190 g/mol. The zero-order valence-corrected chi connectivity index (χ0v) is 8.80. The molecular weight excluding hydrogens is 172 g/mol. The molecule has 1 aliphatic rings. The Bertz CT molecular complexity index is 138. The number of aliphatic hydroxyl groups is 1. The predicted molar refractivity (Wildman–Crippen MR) is 52.6 cm³/mol. The summed E-state index contributed by atoms with van der Waals surface area (Å²) in [6, 6.07) is 0. The molecule has 1 saturated heterocycles. The Morgan fingerprint density at radius 2 is 2.25 bits per heavy atom. The molecule has 1 N–H and O–H groups in total. The Hall–Kier alpha value is 0.270. The molecule has 12 heavy (non-hydrogen) atoms. The van der Waals surface area contributed by atoms with E-state index in [1.165, 1.54) is 0 Å². The summed E-state index contributed by atoms with van der Waals surface area (Å²) in [5.74, 6) is 0. The van der Waals surface area contributed by atoms with Crippen LogP contribution in [0.1, 0.15) is 27.2 Å². The number of ether oxygens (including phenoxy) is 1. The third-order valence-corrected chi connectivity index (χ3v) is 3.46. The molecule has 0 radical (unpaired) electrons. The van der Waals surface area contributed by atoms with Gasteiger partial charge in [-0.25, -0.2) is 0 Å². The van der Waals surface area contributed by atoms with Crippen LogP contribution in [-0.4, -0.2) is 34.4 Å². The van der Waals surface area contributed by atoms with Crippen molar-refractivity contribution in [2.75, 3.05) is 6.61 Å². The third kappa shape index (κ3) is 2.96. The van der Waals surface area contributed by atoms with E-state index in [-0.39, 0.29) is 12.2 Å². The highest BCUT2D eigenvalue weighted by Crippen LogP contribution is 2.33. The van der Waals surface area contributed by atoms with E-state index < -0.39 is 0 Å². The van der Waals surface area contributed by atoms with Gasteiger partial charge >= 0.3 is 0 Å². The topological polar surface area (TPSA) is 29.5 Å². The van der Waals surface area contributed by atoms with Gasteiger partial charge < -0.3 is 9.84 Å². The average Bonchev–Trinajstić information content (AvgIpc) is 2.26. The van der Waals surface area contributed by atoms with Crippen molar-refractivity contribution >= 4 is 11.8 Å². The summed E-state index contributed by atoms with van der Waals surface area (Å²) in [6.45, 7) is 6.89. The van der Waals surface area contributed by atoms with Gasteiger partial charge in [-0.2, -0.15) is 11.8 Å². The minimum atomic E-state index is -0.163. The van der Waals surface area contributed by atoms with Crippen LogP contribution in [0.5, 0.6) is 0 Å². The van der Waals surface area contributed by atoms with Crippen molar-refractivity contribution in [3.63, 3.8) is 0 Å². The number of thioether (sulfide) groups is 1. The minimum absolute atomic E-state index is 0.163. The van der Waals surface area contributed by atoms with Crippen LogP contribution in [0, 0.1) is 0 Å². The quantitative estimate of drug-likeness (QED) is 0.734. The molecule has 0 aromatic heterocycles.